The Kier molecular flexibility index (Phi) is 2.96. The first-order valence-corrected chi connectivity index (χ1v) is 8.27. The van der Waals surface area contributed by atoms with E-state index in [0.29, 0.717) is 5.69 Å². The van der Waals surface area contributed by atoms with Crippen LogP contribution < -0.4 is 11.0 Å². The molecule has 0 saturated carbocycles. The Labute approximate surface area is 101 Å². The summed E-state index contributed by atoms with van der Waals surface area (Å²) in [5, 5.41) is 1.67. The van der Waals surface area contributed by atoms with Crippen LogP contribution >= 0.6 is 7.14 Å². The predicted molar refractivity (Wildman–Crippen MR) is 74.6 cm³/mol. The van der Waals surface area contributed by atoms with Crippen molar-refractivity contribution in [2.45, 2.75) is 13.3 Å². The maximum absolute atomic E-state index is 12.3. The lowest BCUT2D eigenvalue weighted by Gasteiger charge is -2.14. The Morgan fingerprint density at radius 2 is 1.94 bits per heavy atom. The maximum atomic E-state index is 12.3. The molecular formula is C13H17N2OP. The first-order chi connectivity index (χ1) is 7.93. The fourth-order valence-corrected chi connectivity index (χ4v) is 3.51. The zero-order chi connectivity index (χ0) is 12.6. The van der Waals surface area contributed by atoms with Gasteiger partial charge in [0.15, 0.2) is 0 Å². The number of anilines is 1. The lowest BCUT2D eigenvalue weighted by Crippen LogP contribution is -2.11. The Hall–Kier alpha value is -1.34. The van der Waals surface area contributed by atoms with Crippen LogP contribution in [0.5, 0.6) is 0 Å². The molecule has 2 aromatic rings. The van der Waals surface area contributed by atoms with E-state index in [9.17, 15) is 4.57 Å². The first kappa shape index (κ1) is 12.1. The van der Waals surface area contributed by atoms with Gasteiger partial charge in [0.25, 0.3) is 0 Å². The minimum absolute atomic E-state index is 0.594. The van der Waals surface area contributed by atoms with E-state index < -0.39 is 7.14 Å². The van der Waals surface area contributed by atoms with E-state index in [2.05, 4.69) is 11.9 Å². The lowest BCUT2D eigenvalue weighted by atomic mass is 10.1. The molecule has 1 aromatic carbocycles. The van der Waals surface area contributed by atoms with Gasteiger partial charge >= 0.3 is 0 Å². The molecule has 0 bridgehead atoms. The fraction of sp³-hybridized carbons (Fsp3) is 0.308. The molecule has 0 fully saturated rings. The van der Waals surface area contributed by atoms with Crippen LogP contribution in [0.4, 0.5) is 5.69 Å². The van der Waals surface area contributed by atoms with Gasteiger partial charge in [0.2, 0.25) is 0 Å². The van der Waals surface area contributed by atoms with Gasteiger partial charge in [0, 0.05) is 22.1 Å². The lowest BCUT2D eigenvalue weighted by molar-refractivity contribution is 0.588. The number of nitrogens with two attached hydrogens (primary N) is 1. The van der Waals surface area contributed by atoms with Gasteiger partial charge in [-0.05, 0) is 37.9 Å². The quantitative estimate of drug-likeness (QED) is 0.656. The number of aryl methyl sites for hydroxylation is 1. The molecule has 2 N–H and O–H groups in total. The van der Waals surface area contributed by atoms with Gasteiger partial charge in [-0.1, -0.05) is 13.0 Å². The van der Waals surface area contributed by atoms with E-state index in [1.807, 2.05) is 18.2 Å². The molecule has 0 amide bonds. The van der Waals surface area contributed by atoms with Crippen molar-refractivity contribution in [1.29, 1.82) is 0 Å². The average Bonchev–Trinajstić information content (AvgIpc) is 2.26. The second-order valence-corrected chi connectivity index (χ2v) is 7.73. The van der Waals surface area contributed by atoms with Gasteiger partial charge in [-0.25, -0.2) is 0 Å². The van der Waals surface area contributed by atoms with E-state index in [1.54, 1.807) is 19.4 Å². The molecule has 0 aliphatic rings. The van der Waals surface area contributed by atoms with Crippen molar-refractivity contribution in [3.63, 3.8) is 0 Å². The number of hydrogen-bond donors (Lipinski definition) is 1. The maximum Gasteiger partial charge on any atom is 0.112 e. The summed E-state index contributed by atoms with van der Waals surface area (Å²) in [5.74, 6) is 0. The zero-order valence-electron chi connectivity index (χ0n) is 10.4. The molecule has 4 heteroatoms. The monoisotopic (exact) mass is 248 g/mol. The molecule has 90 valence electrons. The third kappa shape index (κ3) is 2.20. The molecular weight excluding hydrogens is 231 g/mol. The molecule has 0 aliphatic heterocycles. The van der Waals surface area contributed by atoms with Crippen molar-refractivity contribution in [1.82, 2.24) is 4.98 Å². The number of benzene rings is 1. The summed E-state index contributed by atoms with van der Waals surface area (Å²) in [5.41, 5.74) is 8.45. The van der Waals surface area contributed by atoms with Gasteiger partial charge in [0.05, 0.1) is 5.52 Å². The minimum Gasteiger partial charge on any atom is -0.398 e. The number of rotatable bonds is 2. The van der Waals surface area contributed by atoms with Crippen LogP contribution in [-0.2, 0) is 11.0 Å². The van der Waals surface area contributed by atoms with Gasteiger partial charge < -0.3 is 10.3 Å². The van der Waals surface area contributed by atoms with E-state index in [4.69, 9.17) is 5.73 Å². The zero-order valence-corrected chi connectivity index (χ0v) is 11.3. The topological polar surface area (TPSA) is 56.0 Å². The molecule has 0 saturated heterocycles. The van der Waals surface area contributed by atoms with Crippen LogP contribution in [0.15, 0.2) is 24.3 Å². The van der Waals surface area contributed by atoms with Crippen molar-refractivity contribution in [2.24, 2.45) is 0 Å². The Balaban J connectivity index is 2.83. The number of hydrogen-bond acceptors (Lipinski definition) is 3. The molecule has 2 rings (SSSR count). The summed E-state index contributed by atoms with van der Waals surface area (Å²) in [6.45, 7) is 5.55. The molecule has 1 heterocycles. The first-order valence-electron chi connectivity index (χ1n) is 5.67. The summed E-state index contributed by atoms with van der Waals surface area (Å²) < 4.78 is 12.3. The standard InChI is InChI=1S/C13H17N2OP/c1-4-9-5-6-10-12(15-9)8-7-11(14)13(10)17(2,3)16/h5-8H,4,14H2,1-3H3. The van der Waals surface area contributed by atoms with Crippen LogP contribution in [0.25, 0.3) is 10.9 Å². The molecule has 0 aliphatic carbocycles. The summed E-state index contributed by atoms with van der Waals surface area (Å²) in [4.78, 5) is 4.53. The van der Waals surface area contributed by atoms with Crippen molar-refractivity contribution in [3.05, 3.63) is 30.0 Å². The number of nitrogens with zero attached hydrogens (tertiary/aromatic N) is 1. The van der Waals surface area contributed by atoms with Crippen molar-refractivity contribution in [3.8, 4) is 0 Å². The molecule has 0 spiro atoms. The SMILES string of the molecule is CCc1ccc2c(P(C)(C)=O)c(N)ccc2n1. The second kappa shape index (κ2) is 4.15. The highest BCUT2D eigenvalue weighted by Gasteiger charge is 2.18. The van der Waals surface area contributed by atoms with Gasteiger partial charge in [-0.3, -0.25) is 4.98 Å². The van der Waals surface area contributed by atoms with Gasteiger partial charge in [-0.15, -0.1) is 0 Å². The van der Waals surface area contributed by atoms with Gasteiger partial charge in [-0.2, -0.15) is 0 Å². The largest absolute Gasteiger partial charge is 0.398 e. The third-order valence-corrected chi connectivity index (χ3v) is 4.41. The van der Waals surface area contributed by atoms with Gasteiger partial charge in [0.1, 0.15) is 7.14 Å². The van der Waals surface area contributed by atoms with E-state index in [-0.39, 0.29) is 0 Å². The summed E-state index contributed by atoms with van der Waals surface area (Å²) in [7, 11) is -2.39. The molecule has 0 atom stereocenters. The number of fused-ring (bicyclic) bond motifs is 1. The molecule has 1 aromatic heterocycles. The van der Waals surface area contributed by atoms with E-state index >= 15 is 0 Å². The van der Waals surface area contributed by atoms with E-state index in [1.165, 1.54) is 0 Å². The molecule has 0 radical (unpaired) electrons. The Bertz CT molecular complexity index is 616. The predicted octanol–water partition coefficient (Wildman–Crippen LogP) is 2.63. The summed E-state index contributed by atoms with van der Waals surface area (Å²) >= 11 is 0. The highest BCUT2D eigenvalue weighted by Crippen LogP contribution is 2.39. The third-order valence-electron chi connectivity index (χ3n) is 2.83. The van der Waals surface area contributed by atoms with Crippen LogP contribution in [0.1, 0.15) is 12.6 Å². The van der Waals surface area contributed by atoms with Crippen LogP contribution in [0, 0.1) is 0 Å². The van der Waals surface area contributed by atoms with Crippen molar-refractivity contribution < 1.29 is 4.57 Å². The smallest absolute Gasteiger partial charge is 0.112 e. The Morgan fingerprint density at radius 1 is 1.24 bits per heavy atom. The van der Waals surface area contributed by atoms with Crippen LogP contribution in [-0.4, -0.2) is 18.3 Å². The normalized spacial score (nSPS) is 11.9. The number of nitrogen functional groups attached to an aromatic ring is 1. The fourth-order valence-electron chi connectivity index (χ4n) is 2.05. The van der Waals surface area contributed by atoms with Crippen LogP contribution in [0.2, 0.25) is 0 Å². The summed E-state index contributed by atoms with van der Waals surface area (Å²) in [6, 6.07) is 7.64. The second-order valence-electron chi connectivity index (χ2n) is 4.58. The minimum atomic E-state index is -2.39. The average molecular weight is 248 g/mol. The highest BCUT2D eigenvalue weighted by atomic mass is 31.2. The van der Waals surface area contributed by atoms with E-state index in [0.717, 1.165) is 28.3 Å². The molecule has 17 heavy (non-hydrogen) atoms. The van der Waals surface area contributed by atoms with Crippen LogP contribution in [0.3, 0.4) is 0 Å². The van der Waals surface area contributed by atoms with Crippen molar-refractivity contribution >= 4 is 29.0 Å². The highest BCUT2D eigenvalue weighted by molar-refractivity contribution is 7.71. The molecule has 0 unspecified atom stereocenters. The Morgan fingerprint density at radius 3 is 2.53 bits per heavy atom. The number of aromatic nitrogens is 1. The summed E-state index contributed by atoms with van der Waals surface area (Å²) in [6.07, 6.45) is 0.894. The number of pyridine rings is 1. The molecule has 3 nitrogen and oxygen atoms in total. The van der Waals surface area contributed by atoms with Crippen molar-refractivity contribution in [2.75, 3.05) is 19.1 Å².